The fourth-order valence-corrected chi connectivity index (χ4v) is 3.90. The van der Waals surface area contributed by atoms with Crippen molar-refractivity contribution in [3.8, 4) is 0 Å². The number of rotatable bonds is 5. The van der Waals surface area contributed by atoms with E-state index in [1.54, 1.807) is 0 Å². The van der Waals surface area contributed by atoms with Crippen molar-refractivity contribution in [2.45, 2.75) is 52.6 Å². The zero-order valence-corrected chi connectivity index (χ0v) is 17.5. The van der Waals surface area contributed by atoms with Crippen molar-refractivity contribution >= 4 is 0 Å². The van der Waals surface area contributed by atoms with Gasteiger partial charge in [0.25, 0.3) is 5.56 Å². The molecule has 1 aliphatic rings. The summed E-state index contributed by atoms with van der Waals surface area (Å²) in [5.74, 6) is 1.02. The molecule has 152 valence electrons. The maximum atomic E-state index is 12.5. The molecule has 3 heterocycles. The Hall–Kier alpha value is -2.73. The van der Waals surface area contributed by atoms with E-state index in [1.807, 2.05) is 12.3 Å². The van der Waals surface area contributed by atoms with E-state index in [0.29, 0.717) is 0 Å². The smallest absolute Gasteiger partial charge is 0.254 e. The van der Waals surface area contributed by atoms with Crippen LogP contribution in [0.25, 0.3) is 0 Å². The largest absolute Gasteiger partial charge is 0.310 e. The minimum Gasteiger partial charge on any atom is -0.310 e. The standard InChI is InChI=1S/C23H29N5O/c1-16(2)22-25-21-10-12-27(11-9-20(21)23(29)26-22)15-19-13-24-28(17(19)3)14-18-7-5-4-6-8-18/h4-8,13,16H,9-12,14-15H2,1-3H3,(H,25,26,29). The van der Waals surface area contributed by atoms with Crippen LogP contribution in [0.3, 0.4) is 0 Å². The summed E-state index contributed by atoms with van der Waals surface area (Å²) in [5, 5.41) is 4.61. The molecule has 0 atom stereocenters. The second kappa shape index (κ2) is 8.33. The monoisotopic (exact) mass is 391 g/mol. The van der Waals surface area contributed by atoms with Crippen LogP contribution < -0.4 is 5.56 Å². The van der Waals surface area contributed by atoms with Crippen LogP contribution in [0.2, 0.25) is 0 Å². The highest BCUT2D eigenvalue weighted by Gasteiger charge is 2.20. The number of hydrogen-bond acceptors (Lipinski definition) is 4. The number of benzene rings is 1. The molecule has 0 fully saturated rings. The zero-order valence-electron chi connectivity index (χ0n) is 17.5. The summed E-state index contributed by atoms with van der Waals surface area (Å²) in [7, 11) is 0. The van der Waals surface area contributed by atoms with Crippen molar-refractivity contribution in [3.63, 3.8) is 0 Å². The van der Waals surface area contributed by atoms with E-state index < -0.39 is 0 Å². The highest BCUT2D eigenvalue weighted by Crippen LogP contribution is 2.17. The minimum atomic E-state index is 0.0346. The molecule has 0 saturated carbocycles. The molecular weight excluding hydrogens is 362 g/mol. The van der Waals surface area contributed by atoms with Gasteiger partial charge in [-0.1, -0.05) is 44.2 Å². The molecule has 3 aromatic rings. The molecule has 1 aliphatic heterocycles. The molecule has 0 radical (unpaired) electrons. The summed E-state index contributed by atoms with van der Waals surface area (Å²) in [4.78, 5) is 22.6. The summed E-state index contributed by atoms with van der Waals surface area (Å²) in [6.45, 7) is 9.66. The normalized spacial score (nSPS) is 14.8. The van der Waals surface area contributed by atoms with E-state index >= 15 is 0 Å². The van der Waals surface area contributed by atoms with Gasteiger partial charge in [-0.3, -0.25) is 14.4 Å². The Morgan fingerprint density at radius 3 is 2.62 bits per heavy atom. The number of nitrogens with zero attached hydrogens (tertiary/aromatic N) is 4. The van der Waals surface area contributed by atoms with Gasteiger partial charge in [-0.2, -0.15) is 5.10 Å². The molecule has 6 nitrogen and oxygen atoms in total. The van der Waals surface area contributed by atoms with Gasteiger partial charge in [-0.15, -0.1) is 0 Å². The van der Waals surface area contributed by atoms with Gasteiger partial charge in [0, 0.05) is 48.8 Å². The molecule has 1 aromatic carbocycles. The van der Waals surface area contributed by atoms with E-state index in [0.717, 1.165) is 56.1 Å². The number of nitrogens with one attached hydrogen (secondary N) is 1. The molecule has 0 unspecified atom stereocenters. The molecule has 29 heavy (non-hydrogen) atoms. The van der Waals surface area contributed by atoms with Crippen LogP contribution >= 0.6 is 0 Å². The van der Waals surface area contributed by atoms with Gasteiger partial charge in [0.05, 0.1) is 18.4 Å². The van der Waals surface area contributed by atoms with E-state index in [9.17, 15) is 4.79 Å². The summed E-state index contributed by atoms with van der Waals surface area (Å²) in [6, 6.07) is 10.4. The quantitative estimate of drug-likeness (QED) is 0.726. The van der Waals surface area contributed by atoms with E-state index in [1.165, 1.54) is 16.8 Å². The van der Waals surface area contributed by atoms with Crippen LogP contribution in [-0.2, 0) is 25.9 Å². The van der Waals surface area contributed by atoms with Gasteiger partial charge in [-0.05, 0) is 18.9 Å². The molecule has 0 amide bonds. The number of hydrogen-bond donors (Lipinski definition) is 1. The first kappa shape index (κ1) is 19.6. The molecule has 1 N–H and O–H groups in total. The van der Waals surface area contributed by atoms with E-state index in [2.05, 4.69) is 64.7 Å². The second-order valence-corrected chi connectivity index (χ2v) is 8.21. The van der Waals surface area contributed by atoms with Crippen molar-refractivity contribution in [1.29, 1.82) is 0 Å². The molecule has 0 spiro atoms. The van der Waals surface area contributed by atoms with Crippen LogP contribution in [-0.4, -0.2) is 37.7 Å². The van der Waals surface area contributed by atoms with Crippen molar-refractivity contribution in [2.24, 2.45) is 0 Å². The fraction of sp³-hybridized carbons (Fsp3) is 0.435. The minimum absolute atomic E-state index is 0.0346. The average molecular weight is 392 g/mol. The van der Waals surface area contributed by atoms with E-state index in [4.69, 9.17) is 4.98 Å². The lowest BCUT2D eigenvalue weighted by atomic mass is 10.1. The maximum Gasteiger partial charge on any atom is 0.254 e. The highest BCUT2D eigenvalue weighted by atomic mass is 16.1. The Kier molecular flexibility index (Phi) is 5.62. The Morgan fingerprint density at radius 2 is 1.86 bits per heavy atom. The van der Waals surface area contributed by atoms with Crippen LogP contribution in [0.5, 0.6) is 0 Å². The van der Waals surface area contributed by atoms with Crippen molar-refractivity contribution in [3.05, 3.63) is 80.8 Å². The predicted octanol–water partition coefficient (Wildman–Crippen LogP) is 3.05. The topological polar surface area (TPSA) is 66.8 Å². The van der Waals surface area contributed by atoms with Gasteiger partial charge in [0.15, 0.2) is 0 Å². The Bertz CT molecular complexity index is 1040. The van der Waals surface area contributed by atoms with Gasteiger partial charge < -0.3 is 4.98 Å². The highest BCUT2D eigenvalue weighted by molar-refractivity contribution is 5.23. The lowest BCUT2D eigenvalue weighted by Crippen LogP contribution is -2.26. The Balaban J connectivity index is 1.46. The number of aromatic nitrogens is 4. The van der Waals surface area contributed by atoms with Crippen LogP contribution in [0.1, 0.15) is 53.7 Å². The molecule has 0 saturated heterocycles. The van der Waals surface area contributed by atoms with Crippen LogP contribution in [0.4, 0.5) is 0 Å². The van der Waals surface area contributed by atoms with Crippen LogP contribution in [0.15, 0.2) is 41.3 Å². The maximum absolute atomic E-state index is 12.5. The summed E-state index contributed by atoms with van der Waals surface area (Å²) < 4.78 is 2.07. The number of H-pyrrole nitrogens is 1. The van der Waals surface area contributed by atoms with Crippen molar-refractivity contribution in [1.82, 2.24) is 24.6 Å². The zero-order chi connectivity index (χ0) is 20.4. The third-order valence-corrected chi connectivity index (χ3v) is 5.78. The first-order chi connectivity index (χ1) is 14.0. The molecule has 0 bridgehead atoms. The Labute approximate surface area is 171 Å². The van der Waals surface area contributed by atoms with E-state index in [-0.39, 0.29) is 11.5 Å². The SMILES string of the molecule is Cc1c(CN2CCc3nc(C(C)C)[nH]c(=O)c3CC2)cnn1Cc1ccccc1. The Morgan fingerprint density at radius 1 is 1.10 bits per heavy atom. The van der Waals surface area contributed by atoms with Gasteiger partial charge in [0.1, 0.15) is 5.82 Å². The molecule has 0 aliphatic carbocycles. The summed E-state index contributed by atoms with van der Waals surface area (Å²) in [6.07, 6.45) is 3.54. The first-order valence-electron chi connectivity index (χ1n) is 10.4. The lowest BCUT2D eigenvalue weighted by molar-refractivity contribution is 0.278. The van der Waals surface area contributed by atoms with Crippen molar-refractivity contribution in [2.75, 3.05) is 13.1 Å². The molecule has 4 rings (SSSR count). The van der Waals surface area contributed by atoms with Gasteiger partial charge in [-0.25, -0.2) is 4.98 Å². The molecular formula is C23H29N5O. The number of fused-ring (bicyclic) bond motifs is 1. The second-order valence-electron chi connectivity index (χ2n) is 8.21. The predicted molar refractivity (Wildman–Crippen MR) is 114 cm³/mol. The van der Waals surface area contributed by atoms with Crippen LogP contribution in [0, 0.1) is 6.92 Å². The summed E-state index contributed by atoms with van der Waals surface area (Å²) in [5.41, 5.74) is 5.56. The molecule has 2 aromatic heterocycles. The van der Waals surface area contributed by atoms with Gasteiger partial charge in [0.2, 0.25) is 0 Å². The van der Waals surface area contributed by atoms with Gasteiger partial charge >= 0.3 is 0 Å². The average Bonchev–Trinajstić information content (AvgIpc) is 2.91. The summed E-state index contributed by atoms with van der Waals surface area (Å²) >= 11 is 0. The van der Waals surface area contributed by atoms with Crippen molar-refractivity contribution < 1.29 is 0 Å². The molecule has 6 heteroatoms. The lowest BCUT2D eigenvalue weighted by Gasteiger charge is -2.19. The fourth-order valence-electron chi connectivity index (χ4n) is 3.90. The third kappa shape index (κ3) is 4.32. The third-order valence-electron chi connectivity index (χ3n) is 5.78. The number of aromatic amines is 1. The first-order valence-corrected chi connectivity index (χ1v) is 10.4.